The minimum absolute atomic E-state index is 0. The fraction of sp³-hybridized carbons (Fsp3) is 0.348. The number of non-ortho nitro benzene ring substituents is 2. The van der Waals surface area contributed by atoms with Crippen molar-refractivity contribution in [2.24, 2.45) is 20.5 Å². The number of nitrogens with zero attached hydrogens (tertiary/aromatic N) is 10. The number of aryl methyl sites for hydroxylation is 2. The molecule has 26 nitrogen and oxygen atoms in total. The third-order valence-electron chi connectivity index (χ3n) is 10.5. The quantitative estimate of drug-likeness (QED) is 0.0221. The number of rotatable bonds is 23. The Morgan fingerprint density at radius 2 is 0.933 bits per heavy atom. The van der Waals surface area contributed by atoms with Crippen LogP contribution in [0.15, 0.2) is 115 Å². The van der Waals surface area contributed by atoms with Crippen molar-refractivity contribution in [2.75, 3.05) is 19.7 Å². The van der Waals surface area contributed by atoms with Gasteiger partial charge >= 0.3 is 18.8 Å². The number of nitro benzene ring substituents is 2. The molecule has 6 aromatic rings. The minimum Gasteiger partial charge on any atom is -0.871 e. The summed E-state index contributed by atoms with van der Waals surface area (Å²) >= 11 is 0. The van der Waals surface area contributed by atoms with Crippen LogP contribution in [0.2, 0.25) is 0 Å². The van der Waals surface area contributed by atoms with Gasteiger partial charge in [-0.3, -0.25) is 20.2 Å². The first-order valence-corrected chi connectivity index (χ1v) is 25.6. The zero-order chi connectivity index (χ0) is 54.6. The van der Waals surface area contributed by atoms with Crippen molar-refractivity contribution in [1.82, 2.24) is 24.9 Å². The van der Waals surface area contributed by atoms with Crippen LogP contribution < -0.4 is 25.7 Å². The second-order valence-electron chi connectivity index (χ2n) is 16.1. The molecule has 1 radical (unpaired) electrons. The molecule has 75 heavy (non-hydrogen) atoms. The number of hydrogen-bond acceptors (Lipinski definition) is 22. The molecule has 4 aromatic carbocycles. The van der Waals surface area contributed by atoms with Crippen LogP contribution in [-0.2, 0) is 37.6 Å². The molecule has 0 aliphatic carbocycles. The summed E-state index contributed by atoms with van der Waals surface area (Å²) in [4.78, 5) is 19.3. The summed E-state index contributed by atoms with van der Waals surface area (Å²) in [7, 11) is -9.27. The smallest absolute Gasteiger partial charge is 0.871 e. The normalized spacial score (nSPS) is 11.4. The van der Waals surface area contributed by atoms with Gasteiger partial charge in [0, 0.05) is 42.6 Å². The molecule has 0 atom stereocenters. The van der Waals surface area contributed by atoms with Gasteiger partial charge in [0.05, 0.1) is 60.4 Å². The van der Waals surface area contributed by atoms with Crippen LogP contribution in [0.5, 0.6) is 23.3 Å². The van der Waals surface area contributed by atoms with Gasteiger partial charge in [0.15, 0.2) is 0 Å². The maximum atomic E-state index is 12.5. The zero-order valence-corrected chi connectivity index (χ0v) is 43.5. The Morgan fingerprint density at radius 3 is 1.27 bits per heavy atom. The third-order valence-corrected chi connectivity index (χ3v) is 12.2. The summed E-state index contributed by atoms with van der Waals surface area (Å²) in [6, 6.07) is 14.8. The molecule has 401 valence electrons. The van der Waals surface area contributed by atoms with Crippen LogP contribution in [0.4, 0.5) is 34.1 Å². The molecule has 0 fully saturated rings. The summed E-state index contributed by atoms with van der Waals surface area (Å²) in [6.07, 6.45) is 13.9. The van der Waals surface area contributed by atoms with E-state index in [1.807, 2.05) is 0 Å². The number of aromatic nitrogens is 4. The molecule has 0 saturated carbocycles. The van der Waals surface area contributed by atoms with Gasteiger partial charge in [-0.1, -0.05) is 88.3 Å². The molecule has 0 spiro atoms. The zero-order valence-electron chi connectivity index (χ0n) is 41.6. The number of aliphatic hydroxyl groups is 1. The average molecular weight is 1120 g/mol. The van der Waals surface area contributed by atoms with Crippen molar-refractivity contribution in [3.8, 4) is 34.6 Å². The molecule has 2 N–H and O–H groups in total. The SMILES string of the molecule is CCCCCCCCCCCCNCCO.Cc1nn(-c2ccc(S(=O)(=O)[O-])cc2)c([O-])c1N=Nc1cc([N+](=O)[O-])ccc1[O-].Cc1nn(-c2ccc(S(=O)(=O)[O-])cc2)c([O-])c1N=Nc1cc([N+](=O)[O-])ccc1[O-].[Cr+3].[H+]. The van der Waals surface area contributed by atoms with Crippen molar-refractivity contribution < 1.29 is 80.1 Å². The molecular weight excluding hydrogens is 1060 g/mol. The Labute approximate surface area is 443 Å². The van der Waals surface area contributed by atoms with E-state index in [2.05, 4.69) is 42.9 Å². The van der Waals surface area contributed by atoms with Crippen LogP contribution in [-0.4, -0.2) is 80.2 Å². The molecule has 0 amide bonds. The molecule has 0 aliphatic heterocycles. The largest absolute Gasteiger partial charge is 3.00 e. The Bertz CT molecular complexity index is 2930. The molecule has 0 bridgehead atoms. The molecule has 6 rings (SSSR count). The van der Waals surface area contributed by atoms with Crippen LogP contribution in [0.1, 0.15) is 83.9 Å². The van der Waals surface area contributed by atoms with E-state index in [0.29, 0.717) is 0 Å². The number of nitro groups is 2. The van der Waals surface area contributed by atoms with E-state index in [1.165, 1.54) is 102 Å². The van der Waals surface area contributed by atoms with E-state index in [4.69, 9.17) is 5.11 Å². The van der Waals surface area contributed by atoms with Gasteiger partial charge in [0.25, 0.3) is 11.4 Å². The molecule has 2 aromatic heterocycles. The van der Waals surface area contributed by atoms with Gasteiger partial charge in [-0.05, 0) is 75.3 Å². The topological polar surface area (TPSA) is 410 Å². The number of azo groups is 2. The maximum absolute atomic E-state index is 12.5. The number of unbranched alkanes of at least 4 members (excludes halogenated alkanes) is 9. The van der Waals surface area contributed by atoms with Gasteiger partial charge in [-0.25, -0.2) is 26.2 Å². The Kier molecular flexibility index (Phi) is 24.5. The van der Waals surface area contributed by atoms with E-state index in [1.54, 1.807) is 0 Å². The van der Waals surface area contributed by atoms with Crippen LogP contribution >= 0.6 is 0 Å². The van der Waals surface area contributed by atoms with E-state index < -0.39 is 63.1 Å². The predicted molar refractivity (Wildman–Crippen MR) is 258 cm³/mol. The Balaban J connectivity index is 0.000000403. The van der Waals surface area contributed by atoms with E-state index >= 15 is 0 Å². The second-order valence-corrected chi connectivity index (χ2v) is 18.8. The fourth-order valence-corrected chi connectivity index (χ4v) is 7.57. The monoisotopic (exact) mass is 1110 g/mol. The van der Waals surface area contributed by atoms with E-state index in [9.17, 15) is 66.6 Å². The van der Waals surface area contributed by atoms with Gasteiger partial charge in [-0.15, -0.1) is 10.2 Å². The van der Waals surface area contributed by atoms with Gasteiger partial charge in [0.1, 0.15) is 31.6 Å². The third kappa shape index (κ3) is 18.9. The summed E-state index contributed by atoms with van der Waals surface area (Å²) in [5.74, 6) is -2.68. The van der Waals surface area contributed by atoms with Crippen LogP contribution in [0.3, 0.4) is 0 Å². The fourth-order valence-electron chi connectivity index (χ4n) is 6.63. The Hall–Kier alpha value is -7.23. The summed E-state index contributed by atoms with van der Waals surface area (Å²) < 4.78 is 67.7. The van der Waals surface area contributed by atoms with E-state index in [0.717, 1.165) is 83.1 Å². The van der Waals surface area contributed by atoms with Crippen molar-refractivity contribution >= 4 is 54.4 Å². The molecule has 0 aliphatic rings. The predicted octanol–water partition coefficient (Wildman–Crippen LogP) is 6.71. The van der Waals surface area contributed by atoms with Crippen LogP contribution in [0.25, 0.3) is 11.4 Å². The maximum Gasteiger partial charge on any atom is 3.00 e. The minimum atomic E-state index is -4.64. The van der Waals surface area contributed by atoms with Crippen molar-refractivity contribution in [1.29, 1.82) is 0 Å². The molecular formula is C46H52CrN11O15S2-2. The van der Waals surface area contributed by atoms with Crippen molar-refractivity contribution in [2.45, 2.75) is 94.8 Å². The Morgan fingerprint density at radius 1 is 0.573 bits per heavy atom. The van der Waals surface area contributed by atoms with Gasteiger partial charge < -0.3 is 40.0 Å². The summed E-state index contributed by atoms with van der Waals surface area (Å²) in [6.45, 7) is 7.25. The first-order chi connectivity index (χ1) is 35.1. The number of hydrogen-bond donors (Lipinski definition) is 2. The number of aliphatic hydroxyl groups excluding tert-OH is 1. The van der Waals surface area contributed by atoms with E-state index in [-0.39, 0.29) is 82.3 Å². The molecule has 2 heterocycles. The average Bonchev–Trinajstić information content (AvgIpc) is 3.81. The molecule has 0 saturated heterocycles. The molecule has 0 unspecified atom stereocenters. The number of nitrogens with one attached hydrogen (secondary N) is 1. The second kappa shape index (κ2) is 29.6. The first-order valence-electron chi connectivity index (χ1n) is 22.8. The van der Waals surface area contributed by atoms with Crippen molar-refractivity contribution in [3.63, 3.8) is 0 Å². The standard InChI is InChI=1S/2C16H13N5O7S.C14H31NO.Cr/c2*1-9-15(18-17-13-8-11(21(24)25)4-7-14(13)22)16(23)20(19-9)10-2-5-12(6-3-10)29(26,27)28;1-2-3-4-5-6-7-8-9-10-11-12-15-13-14-16;/h2*2-8,22-23H,1H3,(H,26,27,28);15-16H,2-14H2,1H3;/q;;;+3/p-5. The van der Waals surface area contributed by atoms with Crippen LogP contribution in [0, 0.1) is 34.1 Å². The van der Waals surface area contributed by atoms with Gasteiger partial charge in [-0.2, -0.15) is 20.4 Å². The van der Waals surface area contributed by atoms with Gasteiger partial charge in [0.2, 0.25) is 0 Å². The molecule has 29 heteroatoms. The first kappa shape index (κ1) is 62.1. The summed E-state index contributed by atoms with van der Waals surface area (Å²) in [5, 5.41) is 105. The van der Waals surface area contributed by atoms with Crippen molar-refractivity contribution in [3.05, 3.63) is 117 Å². The summed E-state index contributed by atoms with van der Waals surface area (Å²) in [5.41, 5.74) is -1.14. The number of benzene rings is 4.